The molecule has 0 radical (unpaired) electrons. The summed E-state index contributed by atoms with van der Waals surface area (Å²) in [6, 6.07) is 22.6. The molecule has 1 fully saturated rings. The topological polar surface area (TPSA) is 49.4 Å². The van der Waals surface area contributed by atoms with E-state index in [2.05, 4.69) is 5.32 Å². The minimum absolute atomic E-state index is 0.0545. The molecule has 26 heavy (non-hydrogen) atoms. The number of fused-ring (bicyclic) bond motifs is 1. The van der Waals surface area contributed by atoms with Crippen LogP contribution >= 0.6 is 12.2 Å². The van der Waals surface area contributed by atoms with Crippen LogP contribution in [0, 0.1) is 0 Å². The molecule has 5 heteroatoms. The molecule has 0 bridgehead atoms. The lowest BCUT2D eigenvalue weighted by atomic mass is 10.0. The summed E-state index contributed by atoms with van der Waals surface area (Å²) in [4.78, 5) is 26.8. The first-order valence-corrected chi connectivity index (χ1v) is 8.50. The van der Waals surface area contributed by atoms with E-state index in [1.54, 1.807) is 18.2 Å². The van der Waals surface area contributed by atoms with E-state index in [1.165, 1.54) is 4.90 Å². The third-order valence-corrected chi connectivity index (χ3v) is 4.52. The molecule has 126 valence electrons. The predicted octanol–water partition coefficient (Wildman–Crippen LogP) is 3.67. The second-order valence-electron chi connectivity index (χ2n) is 5.86. The SMILES string of the molecule is O=C1NC(=S)N(c2ccccc2)C(=O)/C1=C/c1cccc2ccccc12. The molecule has 0 aliphatic carbocycles. The highest BCUT2D eigenvalue weighted by Crippen LogP contribution is 2.25. The fourth-order valence-electron chi connectivity index (χ4n) is 3.00. The maximum absolute atomic E-state index is 13.0. The van der Waals surface area contributed by atoms with Gasteiger partial charge in [-0.3, -0.25) is 19.8 Å². The van der Waals surface area contributed by atoms with Gasteiger partial charge in [-0.1, -0.05) is 60.7 Å². The van der Waals surface area contributed by atoms with Gasteiger partial charge in [-0.25, -0.2) is 0 Å². The lowest BCUT2D eigenvalue weighted by molar-refractivity contribution is -0.122. The summed E-state index contributed by atoms with van der Waals surface area (Å²) < 4.78 is 0. The second-order valence-corrected chi connectivity index (χ2v) is 6.25. The minimum Gasteiger partial charge on any atom is -0.298 e. The van der Waals surface area contributed by atoms with Crippen molar-refractivity contribution in [3.8, 4) is 0 Å². The number of thiocarbonyl (C=S) groups is 1. The summed E-state index contributed by atoms with van der Waals surface area (Å²) in [7, 11) is 0. The molecule has 1 N–H and O–H groups in total. The quantitative estimate of drug-likeness (QED) is 0.432. The zero-order chi connectivity index (χ0) is 18.1. The molecule has 3 aromatic rings. The van der Waals surface area contributed by atoms with Crippen LogP contribution in [0.5, 0.6) is 0 Å². The van der Waals surface area contributed by atoms with Crippen molar-refractivity contribution < 1.29 is 9.59 Å². The Morgan fingerprint density at radius 1 is 0.846 bits per heavy atom. The second kappa shape index (κ2) is 6.54. The molecule has 1 saturated heterocycles. The van der Waals surface area contributed by atoms with E-state index in [0.717, 1.165) is 16.3 Å². The van der Waals surface area contributed by atoms with Crippen LogP contribution in [0.2, 0.25) is 0 Å². The van der Waals surface area contributed by atoms with Crippen molar-refractivity contribution in [1.29, 1.82) is 0 Å². The number of nitrogens with one attached hydrogen (secondary N) is 1. The first-order valence-electron chi connectivity index (χ1n) is 8.09. The smallest absolute Gasteiger partial charge is 0.270 e. The van der Waals surface area contributed by atoms with Crippen LogP contribution in [0.4, 0.5) is 5.69 Å². The summed E-state index contributed by atoms with van der Waals surface area (Å²) in [5.74, 6) is -0.919. The van der Waals surface area contributed by atoms with Crippen molar-refractivity contribution in [2.45, 2.75) is 0 Å². The van der Waals surface area contributed by atoms with Gasteiger partial charge in [0, 0.05) is 0 Å². The summed E-state index contributed by atoms with van der Waals surface area (Å²) >= 11 is 5.20. The molecule has 0 unspecified atom stereocenters. The Hall–Kier alpha value is -3.31. The first kappa shape index (κ1) is 16.2. The highest BCUT2D eigenvalue weighted by atomic mass is 32.1. The van der Waals surface area contributed by atoms with Crippen LogP contribution in [0.3, 0.4) is 0 Å². The van der Waals surface area contributed by atoms with Crippen LogP contribution < -0.4 is 10.2 Å². The van der Waals surface area contributed by atoms with Gasteiger partial charge in [0.2, 0.25) is 0 Å². The van der Waals surface area contributed by atoms with E-state index in [1.807, 2.05) is 60.7 Å². The Kier molecular flexibility index (Phi) is 4.07. The molecule has 1 aliphatic heterocycles. The Bertz CT molecular complexity index is 1070. The number of para-hydroxylation sites is 1. The number of nitrogens with zero attached hydrogens (tertiary/aromatic N) is 1. The molecule has 2 amide bonds. The van der Waals surface area contributed by atoms with E-state index < -0.39 is 11.8 Å². The van der Waals surface area contributed by atoms with Crippen molar-refractivity contribution >= 4 is 51.7 Å². The Morgan fingerprint density at radius 3 is 2.35 bits per heavy atom. The number of carbonyl (C=O) groups is 2. The monoisotopic (exact) mass is 358 g/mol. The fourth-order valence-corrected chi connectivity index (χ4v) is 3.28. The van der Waals surface area contributed by atoms with Crippen LogP contribution in [-0.2, 0) is 9.59 Å². The third-order valence-electron chi connectivity index (χ3n) is 4.24. The average molecular weight is 358 g/mol. The third kappa shape index (κ3) is 2.78. The number of amides is 2. The van der Waals surface area contributed by atoms with Crippen molar-refractivity contribution in [3.63, 3.8) is 0 Å². The number of hydrogen-bond donors (Lipinski definition) is 1. The van der Waals surface area contributed by atoms with Gasteiger partial charge in [-0.05, 0) is 46.8 Å². The molecule has 3 aromatic carbocycles. The molecule has 0 saturated carbocycles. The van der Waals surface area contributed by atoms with E-state index in [4.69, 9.17) is 12.2 Å². The zero-order valence-electron chi connectivity index (χ0n) is 13.7. The summed E-state index contributed by atoms with van der Waals surface area (Å²) in [6.07, 6.45) is 1.62. The van der Waals surface area contributed by atoms with Crippen LogP contribution in [0.25, 0.3) is 16.8 Å². The number of carbonyl (C=O) groups excluding carboxylic acids is 2. The van der Waals surface area contributed by atoms with Gasteiger partial charge in [0.05, 0.1) is 5.69 Å². The first-order chi connectivity index (χ1) is 12.6. The maximum Gasteiger partial charge on any atom is 0.270 e. The molecule has 4 rings (SSSR count). The van der Waals surface area contributed by atoms with Crippen molar-refractivity contribution in [1.82, 2.24) is 5.32 Å². The predicted molar refractivity (Wildman–Crippen MR) is 107 cm³/mol. The van der Waals surface area contributed by atoms with Crippen LogP contribution in [-0.4, -0.2) is 16.9 Å². The average Bonchev–Trinajstić information content (AvgIpc) is 2.66. The molecule has 1 aliphatic rings. The molecular weight excluding hydrogens is 344 g/mol. The van der Waals surface area contributed by atoms with Gasteiger partial charge in [-0.15, -0.1) is 0 Å². The highest BCUT2D eigenvalue weighted by molar-refractivity contribution is 7.80. The van der Waals surface area contributed by atoms with E-state index in [-0.39, 0.29) is 10.7 Å². The van der Waals surface area contributed by atoms with Crippen molar-refractivity contribution in [2.75, 3.05) is 4.90 Å². The van der Waals surface area contributed by atoms with Gasteiger partial charge in [-0.2, -0.15) is 0 Å². The highest BCUT2D eigenvalue weighted by Gasteiger charge is 2.34. The summed E-state index contributed by atoms with van der Waals surface area (Å²) in [5, 5.41) is 4.71. The largest absolute Gasteiger partial charge is 0.298 e. The molecule has 0 aromatic heterocycles. The number of anilines is 1. The minimum atomic E-state index is -0.486. The van der Waals surface area contributed by atoms with E-state index >= 15 is 0 Å². The Balaban J connectivity index is 1.82. The molecule has 1 heterocycles. The van der Waals surface area contributed by atoms with E-state index in [0.29, 0.717) is 5.69 Å². The Morgan fingerprint density at radius 2 is 1.54 bits per heavy atom. The number of benzene rings is 3. The van der Waals surface area contributed by atoms with Gasteiger partial charge in [0.25, 0.3) is 11.8 Å². The zero-order valence-corrected chi connectivity index (χ0v) is 14.5. The molecule has 0 atom stereocenters. The van der Waals surface area contributed by atoms with E-state index in [9.17, 15) is 9.59 Å². The molecule has 4 nitrogen and oxygen atoms in total. The number of hydrogen-bond acceptors (Lipinski definition) is 3. The van der Waals surface area contributed by atoms with Crippen molar-refractivity contribution in [3.05, 3.63) is 83.9 Å². The van der Waals surface area contributed by atoms with Gasteiger partial charge in [0.15, 0.2) is 5.11 Å². The fraction of sp³-hybridized carbons (Fsp3) is 0. The maximum atomic E-state index is 13.0. The summed E-state index contributed by atoms with van der Waals surface area (Å²) in [5.41, 5.74) is 1.48. The Labute approximate surface area is 155 Å². The lowest BCUT2D eigenvalue weighted by Crippen LogP contribution is -2.54. The van der Waals surface area contributed by atoms with Gasteiger partial charge in [0.1, 0.15) is 5.57 Å². The number of rotatable bonds is 2. The van der Waals surface area contributed by atoms with Gasteiger partial charge < -0.3 is 0 Å². The van der Waals surface area contributed by atoms with Crippen LogP contribution in [0.1, 0.15) is 5.56 Å². The van der Waals surface area contributed by atoms with Crippen LogP contribution in [0.15, 0.2) is 78.4 Å². The molecule has 0 spiro atoms. The lowest BCUT2D eigenvalue weighted by Gasteiger charge is -2.28. The van der Waals surface area contributed by atoms with Gasteiger partial charge >= 0.3 is 0 Å². The molecular formula is C21H14N2O2S. The normalized spacial score (nSPS) is 16.2. The summed E-state index contributed by atoms with van der Waals surface area (Å²) in [6.45, 7) is 0. The standard InChI is InChI=1S/C21H14N2O2S/c24-19-18(13-15-9-6-8-14-7-4-5-12-17(14)15)20(25)23(21(26)22-19)16-10-2-1-3-11-16/h1-13H,(H,22,24,26)/b18-13+. The van der Waals surface area contributed by atoms with Crippen molar-refractivity contribution in [2.24, 2.45) is 0 Å².